The fourth-order valence-corrected chi connectivity index (χ4v) is 3.82. The number of benzene rings is 1. The van der Waals surface area contributed by atoms with Crippen molar-refractivity contribution < 1.29 is 0 Å². The van der Waals surface area contributed by atoms with E-state index in [0.29, 0.717) is 0 Å². The van der Waals surface area contributed by atoms with Crippen molar-refractivity contribution in [2.75, 3.05) is 0 Å². The molecule has 0 radical (unpaired) electrons. The van der Waals surface area contributed by atoms with Crippen molar-refractivity contribution >= 4 is 11.0 Å². The minimum Gasteiger partial charge on any atom is -0.342 e. The first kappa shape index (κ1) is 14.4. The molecule has 4 nitrogen and oxygen atoms in total. The quantitative estimate of drug-likeness (QED) is 0.780. The first-order chi connectivity index (χ1) is 11.1. The molecule has 0 fully saturated rings. The number of hydrogen-bond donors (Lipinski definition) is 2. The number of fused-ring (bicyclic) bond motifs is 2. The van der Waals surface area contributed by atoms with Gasteiger partial charge in [-0.1, -0.05) is 18.2 Å². The minimum absolute atomic E-state index is 0.278. The molecule has 4 heteroatoms. The summed E-state index contributed by atoms with van der Waals surface area (Å²) in [5.74, 6) is 1.24. The molecule has 4 rings (SSSR count). The Bertz CT molecular complexity index is 801. The number of imidazole rings is 1. The van der Waals surface area contributed by atoms with Gasteiger partial charge in [0.05, 0.1) is 11.0 Å². The van der Waals surface area contributed by atoms with Crippen LogP contribution in [0, 0.1) is 0 Å². The van der Waals surface area contributed by atoms with E-state index >= 15 is 0 Å². The van der Waals surface area contributed by atoms with Crippen LogP contribution in [0.1, 0.15) is 42.8 Å². The summed E-state index contributed by atoms with van der Waals surface area (Å²) in [6.07, 6.45) is 5.99. The maximum absolute atomic E-state index is 6.76. The number of H-pyrrole nitrogens is 1. The van der Waals surface area contributed by atoms with Crippen LogP contribution in [0.4, 0.5) is 0 Å². The Morgan fingerprint density at radius 2 is 2.13 bits per heavy atom. The summed E-state index contributed by atoms with van der Waals surface area (Å²) in [5, 5.41) is 0. The molecule has 1 aromatic carbocycles. The fraction of sp³-hybridized carbons (Fsp3) is 0.368. The van der Waals surface area contributed by atoms with E-state index < -0.39 is 0 Å². The van der Waals surface area contributed by atoms with Crippen LogP contribution in [-0.4, -0.2) is 20.5 Å². The Morgan fingerprint density at radius 3 is 3.00 bits per heavy atom. The number of pyridine rings is 1. The number of nitrogens with two attached hydrogens (primary N) is 1. The van der Waals surface area contributed by atoms with Crippen molar-refractivity contribution in [1.29, 1.82) is 0 Å². The smallest absolute Gasteiger partial charge is 0.109 e. The van der Waals surface area contributed by atoms with Gasteiger partial charge in [-0.25, -0.2) is 4.98 Å². The number of aryl methyl sites for hydroxylation is 1. The Kier molecular flexibility index (Phi) is 3.42. The summed E-state index contributed by atoms with van der Waals surface area (Å²) in [6.45, 7) is 2.13. The van der Waals surface area contributed by atoms with E-state index in [1.807, 2.05) is 30.5 Å². The summed E-state index contributed by atoms with van der Waals surface area (Å²) in [5.41, 5.74) is 11.0. The first-order valence-corrected chi connectivity index (χ1v) is 8.30. The molecule has 118 valence electrons. The summed E-state index contributed by atoms with van der Waals surface area (Å²) >= 11 is 0. The standard InChI is InChI=1S/C19H22N4/c1-19(20,12-17-22-15-9-2-3-10-16(15)23-17)14-8-4-6-13-7-5-11-21-18(13)14/h2-3,5,7,9-11,14H,4,6,8,12,20H2,1H3,(H,22,23). The Labute approximate surface area is 136 Å². The minimum atomic E-state index is -0.364. The number of nitrogens with zero attached hydrogens (tertiary/aromatic N) is 2. The molecule has 1 aliphatic carbocycles. The summed E-state index contributed by atoms with van der Waals surface area (Å²) in [6, 6.07) is 12.3. The number of hydrogen-bond acceptors (Lipinski definition) is 3. The van der Waals surface area contributed by atoms with Crippen LogP contribution in [-0.2, 0) is 12.8 Å². The number of para-hydroxylation sites is 2. The third-order valence-electron chi connectivity index (χ3n) is 4.98. The SMILES string of the molecule is CC(N)(Cc1nc2ccccc2[nH]1)C1CCCc2cccnc21. The molecule has 3 N–H and O–H groups in total. The van der Waals surface area contributed by atoms with E-state index in [1.165, 1.54) is 17.7 Å². The van der Waals surface area contributed by atoms with Crippen molar-refractivity contribution in [1.82, 2.24) is 15.0 Å². The second kappa shape index (κ2) is 5.46. The predicted octanol–water partition coefficient (Wildman–Crippen LogP) is 3.34. The normalized spacial score (nSPS) is 20.2. The number of rotatable bonds is 3. The summed E-state index contributed by atoms with van der Waals surface area (Å²) in [4.78, 5) is 12.7. The number of nitrogens with one attached hydrogen (secondary N) is 1. The number of aromatic nitrogens is 3. The van der Waals surface area contributed by atoms with Crippen molar-refractivity contribution in [3.05, 3.63) is 59.7 Å². The lowest BCUT2D eigenvalue weighted by atomic mass is 9.73. The Morgan fingerprint density at radius 1 is 1.26 bits per heavy atom. The van der Waals surface area contributed by atoms with Gasteiger partial charge in [0.15, 0.2) is 0 Å². The van der Waals surface area contributed by atoms with Gasteiger partial charge in [0.1, 0.15) is 5.82 Å². The molecular formula is C19H22N4. The van der Waals surface area contributed by atoms with Gasteiger partial charge >= 0.3 is 0 Å². The molecule has 2 unspecified atom stereocenters. The molecule has 0 aliphatic heterocycles. The largest absolute Gasteiger partial charge is 0.342 e. The second-order valence-corrected chi connectivity index (χ2v) is 6.88. The predicted molar refractivity (Wildman–Crippen MR) is 92.3 cm³/mol. The maximum atomic E-state index is 6.76. The summed E-state index contributed by atoms with van der Waals surface area (Å²) in [7, 11) is 0. The van der Waals surface area contributed by atoms with E-state index in [1.54, 1.807) is 0 Å². The second-order valence-electron chi connectivity index (χ2n) is 6.88. The van der Waals surface area contributed by atoms with Gasteiger partial charge in [-0.15, -0.1) is 0 Å². The first-order valence-electron chi connectivity index (χ1n) is 8.30. The van der Waals surface area contributed by atoms with Gasteiger partial charge in [-0.2, -0.15) is 0 Å². The van der Waals surface area contributed by atoms with Crippen LogP contribution < -0.4 is 5.73 Å². The van der Waals surface area contributed by atoms with Gasteiger partial charge in [-0.3, -0.25) is 4.98 Å². The van der Waals surface area contributed by atoms with Crippen molar-refractivity contribution in [2.45, 2.75) is 44.1 Å². The molecule has 2 aromatic heterocycles. The molecule has 0 amide bonds. The Hall–Kier alpha value is -2.20. The van der Waals surface area contributed by atoms with Gasteiger partial charge in [0.25, 0.3) is 0 Å². The van der Waals surface area contributed by atoms with Crippen molar-refractivity contribution in [3.63, 3.8) is 0 Å². The fourth-order valence-electron chi connectivity index (χ4n) is 3.82. The molecule has 2 heterocycles. The topological polar surface area (TPSA) is 67.6 Å². The van der Waals surface area contributed by atoms with Crippen LogP contribution in [0.25, 0.3) is 11.0 Å². The molecular weight excluding hydrogens is 284 g/mol. The highest BCUT2D eigenvalue weighted by Crippen LogP contribution is 2.38. The zero-order valence-electron chi connectivity index (χ0n) is 13.4. The lowest BCUT2D eigenvalue weighted by Gasteiger charge is -2.37. The van der Waals surface area contributed by atoms with E-state index in [9.17, 15) is 0 Å². The highest BCUT2D eigenvalue weighted by Gasteiger charge is 2.36. The Balaban J connectivity index is 1.65. The average Bonchev–Trinajstić information content (AvgIpc) is 2.95. The summed E-state index contributed by atoms with van der Waals surface area (Å²) < 4.78 is 0. The maximum Gasteiger partial charge on any atom is 0.109 e. The average molecular weight is 306 g/mol. The van der Waals surface area contributed by atoms with Gasteiger partial charge in [0.2, 0.25) is 0 Å². The van der Waals surface area contributed by atoms with Gasteiger partial charge < -0.3 is 10.7 Å². The van der Waals surface area contributed by atoms with Crippen molar-refractivity contribution in [3.8, 4) is 0 Å². The molecule has 3 aromatic rings. The molecule has 2 atom stereocenters. The van der Waals surface area contributed by atoms with Crippen LogP contribution in [0.15, 0.2) is 42.6 Å². The van der Waals surface area contributed by atoms with Crippen LogP contribution in [0.2, 0.25) is 0 Å². The highest BCUT2D eigenvalue weighted by molar-refractivity contribution is 5.74. The van der Waals surface area contributed by atoms with Crippen LogP contribution >= 0.6 is 0 Å². The van der Waals surface area contributed by atoms with E-state index in [4.69, 9.17) is 10.7 Å². The third-order valence-corrected chi connectivity index (χ3v) is 4.98. The lowest BCUT2D eigenvalue weighted by Crippen LogP contribution is -2.46. The zero-order chi connectivity index (χ0) is 15.9. The van der Waals surface area contributed by atoms with Gasteiger partial charge in [0, 0.05) is 29.8 Å². The molecule has 0 saturated carbocycles. The van der Waals surface area contributed by atoms with Crippen molar-refractivity contribution in [2.24, 2.45) is 5.73 Å². The molecule has 1 aliphatic rings. The zero-order valence-corrected chi connectivity index (χ0v) is 13.4. The molecule has 0 saturated heterocycles. The van der Waals surface area contributed by atoms with Crippen LogP contribution in [0.5, 0.6) is 0 Å². The van der Waals surface area contributed by atoms with Crippen LogP contribution in [0.3, 0.4) is 0 Å². The highest BCUT2D eigenvalue weighted by atomic mass is 14.9. The van der Waals surface area contributed by atoms with E-state index in [2.05, 4.69) is 29.0 Å². The molecule has 0 spiro atoms. The third kappa shape index (κ3) is 2.63. The molecule has 0 bridgehead atoms. The van der Waals surface area contributed by atoms with E-state index in [0.717, 1.165) is 36.1 Å². The van der Waals surface area contributed by atoms with E-state index in [-0.39, 0.29) is 11.5 Å². The monoisotopic (exact) mass is 306 g/mol. The lowest BCUT2D eigenvalue weighted by molar-refractivity contribution is 0.327. The van der Waals surface area contributed by atoms with Gasteiger partial charge in [-0.05, 0) is 49.9 Å². The number of aromatic amines is 1. The molecule has 23 heavy (non-hydrogen) atoms.